The van der Waals surface area contributed by atoms with E-state index in [9.17, 15) is 5.11 Å². The molecule has 5 aromatic rings. The van der Waals surface area contributed by atoms with Gasteiger partial charge in [-0.2, -0.15) is 0 Å². The van der Waals surface area contributed by atoms with Crippen molar-refractivity contribution in [3.63, 3.8) is 0 Å². The number of likely N-dealkylation sites (N-methyl/N-ethyl adjacent to an activating group) is 1. The van der Waals surface area contributed by atoms with Gasteiger partial charge < -0.3 is 20.3 Å². The third kappa shape index (κ3) is 6.49. The van der Waals surface area contributed by atoms with Gasteiger partial charge in [0, 0.05) is 73.7 Å². The lowest BCUT2D eigenvalue weighted by atomic mass is 9.99. The molecule has 3 heterocycles. The molecule has 6 rings (SSSR count). The number of benzene rings is 3. The zero-order valence-electron chi connectivity index (χ0n) is 23.4. The summed E-state index contributed by atoms with van der Waals surface area (Å²) in [6, 6.07) is 23.3. The third-order valence-electron chi connectivity index (χ3n) is 7.97. The molecular weight excluding hydrogens is 513 g/mol. The molecule has 0 aliphatic carbocycles. The van der Waals surface area contributed by atoms with E-state index >= 15 is 4.39 Å². The Morgan fingerprint density at radius 2 is 1.68 bits per heavy atom. The highest BCUT2D eigenvalue weighted by atomic mass is 19.1. The Balaban J connectivity index is 1.19. The fourth-order valence-corrected chi connectivity index (χ4v) is 5.51. The van der Waals surface area contributed by atoms with Gasteiger partial charge in [0.15, 0.2) is 0 Å². The van der Waals surface area contributed by atoms with Crippen LogP contribution in [0, 0.1) is 5.82 Å². The number of fused-ring (bicyclic) bond motifs is 1. The molecule has 6 nitrogen and oxygen atoms in total. The van der Waals surface area contributed by atoms with E-state index in [0.29, 0.717) is 12.1 Å². The van der Waals surface area contributed by atoms with Crippen molar-refractivity contribution in [2.24, 2.45) is 0 Å². The zero-order valence-corrected chi connectivity index (χ0v) is 23.4. The minimum atomic E-state index is -0.252. The lowest BCUT2D eigenvalue weighted by molar-refractivity contribution is 0.148. The molecule has 3 N–H and O–H groups in total. The average Bonchev–Trinajstić information content (AvgIpc) is 3.41. The molecule has 1 aliphatic rings. The highest BCUT2D eigenvalue weighted by Crippen LogP contribution is 2.33. The van der Waals surface area contributed by atoms with Crippen LogP contribution >= 0.6 is 0 Å². The first-order valence-electron chi connectivity index (χ1n) is 14.3. The van der Waals surface area contributed by atoms with E-state index in [4.69, 9.17) is 0 Å². The second kappa shape index (κ2) is 12.2. The molecule has 3 aromatic carbocycles. The number of piperazine rings is 1. The standard InChI is InChI=1S/C34H36FN5O/c1-39-13-15-40(16-14-39)23-26-3-2-4-27(17-26)28-19-31-32(22-38-34(31)37-21-28)30-18-25(7-10-33(30)35)20-36-12-11-24-5-8-29(41)9-6-24/h2-10,17-19,21-22,36,41H,11-16,20,23H2,1H3,(H,37,38). The summed E-state index contributed by atoms with van der Waals surface area (Å²) in [4.78, 5) is 12.8. The van der Waals surface area contributed by atoms with Gasteiger partial charge in [-0.1, -0.05) is 36.4 Å². The Morgan fingerprint density at radius 1 is 0.878 bits per heavy atom. The van der Waals surface area contributed by atoms with Crippen LogP contribution < -0.4 is 5.32 Å². The van der Waals surface area contributed by atoms with Crippen LogP contribution in [-0.2, 0) is 19.5 Å². The maximum Gasteiger partial charge on any atom is 0.137 e. The van der Waals surface area contributed by atoms with Crippen LogP contribution in [0.4, 0.5) is 4.39 Å². The molecule has 1 aliphatic heterocycles. The molecule has 0 bridgehead atoms. The number of pyridine rings is 1. The Bertz CT molecular complexity index is 1620. The number of phenols is 1. The molecule has 0 amide bonds. The smallest absolute Gasteiger partial charge is 0.137 e. The van der Waals surface area contributed by atoms with Crippen molar-refractivity contribution in [3.8, 4) is 28.0 Å². The number of aromatic nitrogens is 2. The summed E-state index contributed by atoms with van der Waals surface area (Å²) in [6.07, 6.45) is 4.59. The molecule has 0 unspecified atom stereocenters. The molecule has 0 spiro atoms. The summed E-state index contributed by atoms with van der Waals surface area (Å²) in [6.45, 7) is 6.73. The van der Waals surface area contributed by atoms with Crippen LogP contribution in [0.15, 0.2) is 85.2 Å². The molecule has 2 aromatic heterocycles. The maximum absolute atomic E-state index is 15.1. The van der Waals surface area contributed by atoms with Gasteiger partial charge in [-0.25, -0.2) is 9.37 Å². The van der Waals surface area contributed by atoms with Crippen molar-refractivity contribution in [2.45, 2.75) is 19.5 Å². The normalized spacial score (nSPS) is 14.6. The Hall–Kier alpha value is -4.04. The SMILES string of the molecule is CN1CCN(Cc2cccc(-c3cnc4[nH]cc(-c5cc(CNCCc6ccc(O)cc6)ccc5F)c4c3)c2)CC1. The summed E-state index contributed by atoms with van der Waals surface area (Å²) in [5.74, 6) is 0.0215. The fraction of sp³-hybridized carbons (Fsp3) is 0.265. The van der Waals surface area contributed by atoms with Gasteiger partial charge >= 0.3 is 0 Å². The second-order valence-electron chi connectivity index (χ2n) is 11.0. The third-order valence-corrected chi connectivity index (χ3v) is 7.97. The van der Waals surface area contributed by atoms with Gasteiger partial charge in [-0.05, 0) is 78.7 Å². The summed E-state index contributed by atoms with van der Waals surface area (Å²) < 4.78 is 15.1. The van der Waals surface area contributed by atoms with Gasteiger partial charge in [0.1, 0.15) is 17.2 Å². The van der Waals surface area contributed by atoms with Crippen LogP contribution in [-0.4, -0.2) is 64.6 Å². The number of nitrogens with zero attached hydrogens (tertiary/aromatic N) is 3. The lowest BCUT2D eigenvalue weighted by Gasteiger charge is -2.32. The molecule has 0 atom stereocenters. The van der Waals surface area contributed by atoms with Crippen LogP contribution in [0.25, 0.3) is 33.3 Å². The molecule has 0 radical (unpaired) electrons. The minimum absolute atomic E-state index is 0.252. The van der Waals surface area contributed by atoms with E-state index in [1.165, 1.54) is 5.56 Å². The predicted molar refractivity (Wildman–Crippen MR) is 163 cm³/mol. The fourth-order valence-electron chi connectivity index (χ4n) is 5.51. The first kappa shape index (κ1) is 27.1. The molecule has 210 valence electrons. The quantitative estimate of drug-likeness (QED) is 0.202. The van der Waals surface area contributed by atoms with Gasteiger partial charge in [0.25, 0.3) is 0 Å². The largest absolute Gasteiger partial charge is 0.508 e. The van der Waals surface area contributed by atoms with Crippen LogP contribution in [0.2, 0.25) is 0 Å². The molecule has 0 saturated carbocycles. The first-order valence-corrected chi connectivity index (χ1v) is 14.3. The van der Waals surface area contributed by atoms with Gasteiger partial charge in [0.05, 0.1) is 0 Å². The van der Waals surface area contributed by atoms with Crippen LogP contribution in [0.1, 0.15) is 16.7 Å². The van der Waals surface area contributed by atoms with E-state index in [0.717, 1.165) is 84.5 Å². The molecule has 1 fully saturated rings. The number of nitrogens with one attached hydrogen (secondary N) is 2. The Morgan fingerprint density at radius 3 is 2.51 bits per heavy atom. The highest BCUT2D eigenvalue weighted by Gasteiger charge is 2.16. The van der Waals surface area contributed by atoms with Gasteiger partial charge in [-0.3, -0.25) is 4.90 Å². The van der Waals surface area contributed by atoms with Crippen molar-refractivity contribution in [1.82, 2.24) is 25.1 Å². The van der Waals surface area contributed by atoms with Crippen molar-refractivity contribution >= 4 is 11.0 Å². The number of halogens is 1. The number of hydrogen-bond acceptors (Lipinski definition) is 5. The zero-order chi connectivity index (χ0) is 28.2. The van der Waals surface area contributed by atoms with Crippen molar-refractivity contribution in [1.29, 1.82) is 0 Å². The minimum Gasteiger partial charge on any atom is -0.508 e. The molecule has 1 saturated heterocycles. The summed E-state index contributed by atoms with van der Waals surface area (Å²) in [5.41, 5.74) is 7.72. The van der Waals surface area contributed by atoms with Crippen molar-refractivity contribution in [2.75, 3.05) is 39.8 Å². The number of hydrogen-bond donors (Lipinski definition) is 3. The van der Waals surface area contributed by atoms with Crippen LogP contribution in [0.5, 0.6) is 5.75 Å². The van der Waals surface area contributed by atoms with Crippen molar-refractivity contribution < 1.29 is 9.50 Å². The number of aromatic hydroxyl groups is 1. The Kier molecular flexibility index (Phi) is 8.09. The average molecular weight is 550 g/mol. The van der Waals surface area contributed by atoms with E-state index in [-0.39, 0.29) is 11.6 Å². The maximum atomic E-state index is 15.1. The second-order valence-corrected chi connectivity index (χ2v) is 11.0. The summed E-state index contributed by atoms with van der Waals surface area (Å²) in [7, 11) is 2.18. The highest BCUT2D eigenvalue weighted by molar-refractivity contribution is 5.96. The van der Waals surface area contributed by atoms with E-state index in [1.54, 1.807) is 18.2 Å². The topological polar surface area (TPSA) is 67.4 Å². The van der Waals surface area contributed by atoms with Crippen molar-refractivity contribution in [3.05, 3.63) is 108 Å². The van der Waals surface area contributed by atoms with E-state index in [2.05, 4.69) is 62.5 Å². The van der Waals surface area contributed by atoms with E-state index < -0.39 is 0 Å². The first-order chi connectivity index (χ1) is 20.0. The number of phenolic OH excluding ortho intramolecular Hbond substituents is 1. The predicted octanol–water partition coefficient (Wildman–Crippen LogP) is 5.82. The van der Waals surface area contributed by atoms with Gasteiger partial charge in [-0.15, -0.1) is 0 Å². The number of H-pyrrole nitrogens is 1. The van der Waals surface area contributed by atoms with Crippen LogP contribution in [0.3, 0.4) is 0 Å². The number of aromatic amines is 1. The molecule has 7 heteroatoms. The summed E-state index contributed by atoms with van der Waals surface area (Å²) in [5, 5.41) is 13.8. The lowest BCUT2D eigenvalue weighted by Crippen LogP contribution is -2.43. The summed E-state index contributed by atoms with van der Waals surface area (Å²) >= 11 is 0. The molecular formula is C34H36FN5O. The molecule has 41 heavy (non-hydrogen) atoms. The van der Waals surface area contributed by atoms with Gasteiger partial charge in [0.2, 0.25) is 0 Å². The monoisotopic (exact) mass is 549 g/mol. The number of rotatable bonds is 9. The van der Waals surface area contributed by atoms with E-state index in [1.807, 2.05) is 36.7 Å². The Labute approximate surface area is 240 Å².